The number of pyridine rings is 1. The van der Waals surface area contributed by atoms with Gasteiger partial charge in [-0.25, -0.2) is 4.68 Å². The van der Waals surface area contributed by atoms with Gasteiger partial charge in [0, 0.05) is 24.0 Å². The van der Waals surface area contributed by atoms with E-state index in [-0.39, 0.29) is 27.9 Å². The fourth-order valence-corrected chi connectivity index (χ4v) is 2.45. The highest BCUT2D eigenvalue weighted by molar-refractivity contribution is 6.37. The first-order valence-corrected chi connectivity index (χ1v) is 7.96. The van der Waals surface area contributed by atoms with Gasteiger partial charge in [-0.15, -0.1) is 11.6 Å². The van der Waals surface area contributed by atoms with Crippen LogP contribution in [0.5, 0.6) is 0 Å². The largest absolute Gasteiger partial charge is 0.510 e. The van der Waals surface area contributed by atoms with Crippen LogP contribution in [0.2, 0.25) is 5.15 Å². The van der Waals surface area contributed by atoms with E-state index in [4.69, 9.17) is 28.6 Å². The maximum Gasteiger partial charge on any atom is 0.435 e. The first kappa shape index (κ1) is 20.0. The van der Waals surface area contributed by atoms with E-state index in [1.165, 1.54) is 13.0 Å². The number of allylic oxidation sites excluding steroid dienone is 4. The Kier molecular flexibility index (Phi) is 6.09. The Morgan fingerprint density at radius 2 is 1.85 bits per heavy atom. The summed E-state index contributed by atoms with van der Waals surface area (Å²) in [5.74, 6) is -0.311. The summed E-state index contributed by atoms with van der Waals surface area (Å²) >= 11 is 11.5. The van der Waals surface area contributed by atoms with Crippen LogP contribution in [0.3, 0.4) is 0 Å². The lowest BCUT2D eigenvalue weighted by molar-refractivity contribution is -0.141. The van der Waals surface area contributed by atoms with Crippen LogP contribution in [0.15, 0.2) is 54.1 Å². The van der Waals surface area contributed by atoms with E-state index >= 15 is 0 Å². The lowest BCUT2D eigenvalue weighted by Crippen LogP contribution is -2.22. The topological polar surface area (TPSA) is 74.8 Å². The fourth-order valence-electron chi connectivity index (χ4n) is 2.00. The predicted molar refractivity (Wildman–Crippen MR) is 93.4 cm³/mol. The summed E-state index contributed by atoms with van der Waals surface area (Å²) in [5, 5.41) is 19.4. The van der Waals surface area contributed by atoms with E-state index in [1.54, 1.807) is 12.4 Å². The van der Waals surface area contributed by atoms with Crippen molar-refractivity contribution in [3.8, 4) is 0 Å². The second-order valence-corrected chi connectivity index (χ2v) is 5.97. The van der Waals surface area contributed by atoms with Crippen molar-refractivity contribution < 1.29 is 18.3 Å². The molecule has 3 rings (SSSR count). The predicted octanol–water partition coefficient (Wildman–Crippen LogP) is 4.95. The number of rotatable bonds is 1. The maximum atomic E-state index is 12.6. The molecule has 1 aliphatic carbocycles. The number of nitrogens with zero attached hydrogens (tertiary/aromatic N) is 3. The van der Waals surface area contributed by atoms with Crippen molar-refractivity contribution in [3.05, 3.63) is 64.9 Å². The van der Waals surface area contributed by atoms with Crippen molar-refractivity contribution in [2.75, 3.05) is 0 Å². The van der Waals surface area contributed by atoms with Gasteiger partial charge >= 0.3 is 6.18 Å². The molecule has 2 aromatic heterocycles. The average molecular weight is 405 g/mol. The second-order valence-electron chi connectivity index (χ2n) is 5.14. The Morgan fingerprint density at radius 1 is 1.23 bits per heavy atom. The first-order chi connectivity index (χ1) is 12.1. The SMILES string of the molecule is CC1=C(O)C(Cl)C(=N)C=C1n1nc(C(F)(F)F)cc1Cl.c1ccncc1. The first-order valence-electron chi connectivity index (χ1n) is 7.15. The number of halogens is 5. The van der Waals surface area contributed by atoms with Crippen molar-refractivity contribution >= 4 is 34.6 Å². The minimum absolute atomic E-state index is 0.0740. The Labute approximate surface area is 156 Å². The van der Waals surface area contributed by atoms with Crippen LogP contribution < -0.4 is 0 Å². The molecule has 2 heterocycles. The van der Waals surface area contributed by atoms with Gasteiger partial charge < -0.3 is 10.5 Å². The minimum atomic E-state index is -4.63. The average Bonchev–Trinajstić information content (AvgIpc) is 3.00. The molecule has 10 heteroatoms. The van der Waals surface area contributed by atoms with Crippen LogP contribution in [-0.2, 0) is 6.18 Å². The monoisotopic (exact) mass is 404 g/mol. The molecule has 138 valence electrons. The lowest BCUT2D eigenvalue weighted by atomic mass is 10.0. The molecule has 0 spiro atoms. The maximum absolute atomic E-state index is 12.6. The van der Waals surface area contributed by atoms with E-state index in [2.05, 4.69) is 10.1 Å². The summed E-state index contributed by atoms with van der Waals surface area (Å²) < 4.78 is 38.6. The van der Waals surface area contributed by atoms with E-state index in [0.29, 0.717) is 6.07 Å². The third-order valence-electron chi connectivity index (χ3n) is 3.32. The summed E-state index contributed by atoms with van der Waals surface area (Å²) in [6.45, 7) is 1.45. The molecule has 1 unspecified atom stereocenters. The molecule has 0 saturated heterocycles. The molecule has 2 N–H and O–H groups in total. The Bertz CT molecular complexity index is 833. The Morgan fingerprint density at radius 3 is 2.27 bits per heavy atom. The molecule has 0 radical (unpaired) electrons. The molecule has 5 nitrogen and oxygen atoms in total. The highest BCUT2D eigenvalue weighted by Crippen LogP contribution is 2.34. The number of nitrogens with one attached hydrogen (secondary N) is 1. The molecule has 1 atom stereocenters. The van der Waals surface area contributed by atoms with Crippen LogP contribution >= 0.6 is 23.2 Å². The normalized spacial score (nSPS) is 17.5. The molecule has 1 aliphatic rings. The number of aliphatic hydroxyl groups excluding tert-OH is 1. The molecule has 0 fully saturated rings. The van der Waals surface area contributed by atoms with Gasteiger partial charge in [0.15, 0.2) is 5.69 Å². The number of aliphatic hydroxyl groups is 1. The summed E-state index contributed by atoms with van der Waals surface area (Å²) in [6, 6.07) is 6.39. The molecule has 0 aliphatic heterocycles. The highest BCUT2D eigenvalue weighted by Gasteiger charge is 2.36. The van der Waals surface area contributed by atoms with Crippen molar-refractivity contribution in [2.24, 2.45) is 0 Å². The van der Waals surface area contributed by atoms with Gasteiger partial charge in [-0.05, 0) is 25.1 Å². The quantitative estimate of drug-likeness (QED) is 0.660. The summed E-state index contributed by atoms with van der Waals surface area (Å²) in [6.07, 6.45) is 0.0814. The zero-order valence-corrected chi connectivity index (χ0v) is 14.8. The van der Waals surface area contributed by atoms with Crippen LogP contribution in [-0.4, -0.2) is 31.0 Å². The lowest BCUT2D eigenvalue weighted by Gasteiger charge is -2.20. The minimum Gasteiger partial charge on any atom is -0.510 e. The van der Waals surface area contributed by atoms with Gasteiger partial charge in [0.25, 0.3) is 0 Å². The zero-order valence-electron chi connectivity index (χ0n) is 13.3. The molecular formula is C16H13Cl2F3N4O. The third-order valence-corrected chi connectivity index (χ3v) is 4.04. The number of alkyl halides is 4. The summed E-state index contributed by atoms with van der Waals surface area (Å²) in [5.41, 5.74) is -1.04. The van der Waals surface area contributed by atoms with Gasteiger partial charge in [-0.1, -0.05) is 17.7 Å². The molecule has 0 saturated carbocycles. The Balaban J connectivity index is 0.000000342. The standard InChI is InChI=1S/C11H8Cl2F3N3O.C5H5N/c1-4-6(2-5(17)9(13)10(4)20)19-8(12)3-7(18-19)11(14,15)16;1-2-4-6-5-3-1/h2-3,9,17,20H,1H3;1-5H. The molecular weight excluding hydrogens is 392 g/mol. The van der Waals surface area contributed by atoms with E-state index < -0.39 is 17.2 Å². The third kappa shape index (κ3) is 4.44. The number of hydrogen-bond donors (Lipinski definition) is 2. The van der Waals surface area contributed by atoms with Gasteiger partial charge in [0.1, 0.15) is 16.3 Å². The molecule has 0 amide bonds. The van der Waals surface area contributed by atoms with Crippen molar-refractivity contribution in [1.29, 1.82) is 5.41 Å². The van der Waals surface area contributed by atoms with E-state index in [1.807, 2.05) is 18.2 Å². The fraction of sp³-hybridized carbons (Fsp3) is 0.188. The smallest absolute Gasteiger partial charge is 0.435 e. The van der Waals surface area contributed by atoms with Crippen molar-refractivity contribution in [2.45, 2.75) is 18.5 Å². The van der Waals surface area contributed by atoms with Crippen LogP contribution in [0, 0.1) is 5.41 Å². The van der Waals surface area contributed by atoms with Gasteiger partial charge in [-0.2, -0.15) is 18.3 Å². The van der Waals surface area contributed by atoms with Crippen LogP contribution in [0.4, 0.5) is 13.2 Å². The van der Waals surface area contributed by atoms with E-state index in [0.717, 1.165) is 4.68 Å². The van der Waals surface area contributed by atoms with Gasteiger partial charge in [-0.3, -0.25) is 4.98 Å². The van der Waals surface area contributed by atoms with Crippen molar-refractivity contribution in [3.63, 3.8) is 0 Å². The molecule has 0 aromatic carbocycles. The number of hydrogen-bond acceptors (Lipinski definition) is 4. The molecule has 2 aromatic rings. The molecule has 0 bridgehead atoms. The van der Waals surface area contributed by atoms with Crippen LogP contribution in [0.1, 0.15) is 12.6 Å². The Hall–Kier alpha value is -2.32. The zero-order chi connectivity index (χ0) is 19.5. The summed E-state index contributed by atoms with van der Waals surface area (Å²) in [7, 11) is 0. The summed E-state index contributed by atoms with van der Waals surface area (Å²) in [4.78, 5) is 3.78. The highest BCUT2D eigenvalue weighted by atomic mass is 35.5. The number of aromatic nitrogens is 3. The van der Waals surface area contributed by atoms with E-state index in [9.17, 15) is 18.3 Å². The van der Waals surface area contributed by atoms with Crippen molar-refractivity contribution in [1.82, 2.24) is 14.8 Å². The molecule has 26 heavy (non-hydrogen) atoms. The van der Waals surface area contributed by atoms with Crippen LogP contribution in [0.25, 0.3) is 5.70 Å². The van der Waals surface area contributed by atoms with Gasteiger partial charge in [0.2, 0.25) is 0 Å². The van der Waals surface area contributed by atoms with Gasteiger partial charge in [0.05, 0.1) is 11.4 Å². The second kappa shape index (κ2) is 7.92.